The Bertz CT molecular complexity index is 155. The van der Waals surface area contributed by atoms with Gasteiger partial charge in [-0.1, -0.05) is 6.92 Å². The maximum absolute atomic E-state index is 10.6. The average Bonchev–Trinajstić information content (AvgIpc) is 1.94. The molecule has 11 heavy (non-hydrogen) atoms. The zero-order valence-electron chi connectivity index (χ0n) is 6.66. The van der Waals surface area contributed by atoms with Crippen LogP contribution in [0.15, 0.2) is 0 Å². The van der Waals surface area contributed by atoms with Gasteiger partial charge in [0.05, 0.1) is 12.0 Å². The van der Waals surface area contributed by atoms with Crippen molar-refractivity contribution in [3.63, 3.8) is 0 Å². The lowest BCUT2D eigenvalue weighted by atomic mass is 9.79. The molecule has 3 heteroatoms. The molecule has 1 aliphatic carbocycles. The highest BCUT2D eigenvalue weighted by Crippen LogP contribution is 2.29. The van der Waals surface area contributed by atoms with E-state index < -0.39 is 12.1 Å². The second-order valence-electron chi connectivity index (χ2n) is 3.39. The first-order valence-corrected chi connectivity index (χ1v) is 4.02. The molecular weight excluding hydrogens is 144 g/mol. The molecule has 3 nitrogen and oxygen atoms in total. The molecule has 0 aromatic rings. The fourth-order valence-electron chi connectivity index (χ4n) is 1.64. The number of aliphatic carboxylic acids is 1. The second kappa shape index (κ2) is 3.22. The van der Waals surface area contributed by atoms with Crippen molar-refractivity contribution < 1.29 is 15.0 Å². The normalized spacial score (nSPS) is 38.5. The molecule has 1 saturated carbocycles. The van der Waals surface area contributed by atoms with Crippen molar-refractivity contribution in [1.82, 2.24) is 0 Å². The maximum atomic E-state index is 10.6. The van der Waals surface area contributed by atoms with Crippen LogP contribution >= 0.6 is 0 Å². The summed E-state index contributed by atoms with van der Waals surface area (Å²) in [7, 11) is 0. The van der Waals surface area contributed by atoms with E-state index in [0.717, 1.165) is 12.8 Å². The Morgan fingerprint density at radius 1 is 1.45 bits per heavy atom. The summed E-state index contributed by atoms with van der Waals surface area (Å²) >= 11 is 0. The van der Waals surface area contributed by atoms with Gasteiger partial charge in [0, 0.05) is 0 Å². The minimum atomic E-state index is -0.767. The number of carboxylic acid groups (broad SMARTS) is 1. The van der Waals surface area contributed by atoms with E-state index in [2.05, 4.69) is 0 Å². The molecule has 0 spiro atoms. The van der Waals surface area contributed by atoms with Crippen LogP contribution in [0.1, 0.15) is 26.2 Å². The van der Waals surface area contributed by atoms with Gasteiger partial charge in [-0.15, -0.1) is 0 Å². The molecule has 0 amide bonds. The monoisotopic (exact) mass is 158 g/mol. The molecule has 64 valence electrons. The lowest BCUT2D eigenvalue weighted by Gasteiger charge is -2.28. The third-order valence-corrected chi connectivity index (χ3v) is 2.49. The van der Waals surface area contributed by atoms with Gasteiger partial charge in [-0.05, 0) is 25.2 Å². The van der Waals surface area contributed by atoms with Crippen LogP contribution < -0.4 is 0 Å². The summed E-state index contributed by atoms with van der Waals surface area (Å²) < 4.78 is 0. The number of aliphatic hydroxyl groups excluding tert-OH is 1. The highest BCUT2D eigenvalue weighted by molar-refractivity contribution is 5.70. The van der Waals surface area contributed by atoms with Crippen LogP contribution in [0.25, 0.3) is 0 Å². The molecule has 0 bridgehead atoms. The molecule has 3 atom stereocenters. The molecule has 1 rings (SSSR count). The van der Waals surface area contributed by atoms with Crippen molar-refractivity contribution >= 4 is 5.97 Å². The Morgan fingerprint density at radius 3 is 2.55 bits per heavy atom. The maximum Gasteiger partial charge on any atom is 0.306 e. The minimum Gasteiger partial charge on any atom is -0.481 e. The average molecular weight is 158 g/mol. The quantitative estimate of drug-likeness (QED) is 0.595. The van der Waals surface area contributed by atoms with Crippen LogP contribution in [-0.2, 0) is 4.79 Å². The molecule has 2 N–H and O–H groups in total. The summed E-state index contributed by atoms with van der Waals surface area (Å²) in [6.07, 6.45) is 1.62. The van der Waals surface area contributed by atoms with Gasteiger partial charge in [-0.3, -0.25) is 4.79 Å². The van der Waals surface area contributed by atoms with Gasteiger partial charge in [-0.25, -0.2) is 0 Å². The Morgan fingerprint density at radius 2 is 2.09 bits per heavy atom. The Hall–Kier alpha value is -0.570. The van der Waals surface area contributed by atoms with E-state index in [4.69, 9.17) is 5.11 Å². The van der Waals surface area contributed by atoms with E-state index >= 15 is 0 Å². The third-order valence-electron chi connectivity index (χ3n) is 2.49. The number of carbonyl (C=O) groups is 1. The SMILES string of the molecule is CC1CC[C@@H](O)C[C@H]1C(=O)O. The van der Waals surface area contributed by atoms with Crippen molar-refractivity contribution in [2.75, 3.05) is 0 Å². The first kappa shape index (κ1) is 8.53. The summed E-state index contributed by atoms with van der Waals surface area (Å²) in [5.74, 6) is -0.883. The fraction of sp³-hybridized carbons (Fsp3) is 0.875. The van der Waals surface area contributed by atoms with Crippen LogP contribution in [0, 0.1) is 11.8 Å². The van der Waals surface area contributed by atoms with Gasteiger partial charge < -0.3 is 10.2 Å². The van der Waals surface area contributed by atoms with Gasteiger partial charge in [0.1, 0.15) is 0 Å². The van der Waals surface area contributed by atoms with E-state index in [1.54, 1.807) is 0 Å². The van der Waals surface area contributed by atoms with Gasteiger partial charge >= 0.3 is 5.97 Å². The molecule has 0 aromatic carbocycles. The largest absolute Gasteiger partial charge is 0.481 e. The Labute approximate surface area is 66.0 Å². The third kappa shape index (κ3) is 1.93. The van der Waals surface area contributed by atoms with E-state index in [9.17, 15) is 9.90 Å². The molecule has 0 radical (unpaired) electrons. The number of hydrogen-bond acceptors (Lipinski definition) is 2. The molecule has 1 fully saturated rings. The molecule has 0 saturated heterocycles. The summed E-state index contributed by atoms with van der Waals surface area (Å²) in [5.41, 5.74) is 0. The van der Waals surface area contributed by atoms with Gasteiger partial charge in [0.15, 0.2) is 0 Å². The van der Waals surface area contributed by atoms with Gasteiger partial charge in [0.25, 0.3) is 0 Å². The Kier molecular flexibility index (Phi) is 2.49. The Balaban J connectivity index is 2.54. The standard InChI is InChI=1S/C8H14O3/c1-5-2-3-6(9)4-7(5)8(10)11/h5-7,9H,2-4H2,1H3,(H,10,11)/t5?,6-,7-/m1/s1. The zero-order valence-corrected chi connectivity index (χ0v) is 6.66. The molecule has 1 aliphatic rings. The number of hydrogen-bond donors (Lipinski definition) is 2. The minimum absolute atomic E-state index is 0.218. The number of carboxylic acids is 1. The smallest absolute Gasteiger partial charge is 0.306 e. The summed E-state index contributed by atoms with van der Waals surface area (Å²) in [4.78, 5) is 10.6. The number of rotatable bonds is 1. The highest BCUT2D eigenvalue weighted by Gasteiger charge is 2.31. The van der Waals surface area contributed by atoms with Crippen molar-refractivity contribution in [3.8, 4) is 0 Å². The van der Waals surface area contributed by atoms with Gasteiger partial charge in [0.2, 0.25) is 0 Å². The lowest BCUT2D eigenvalue weighted by Crippen LogP contribution is -2.31. The topological polar surface area (TPSA) is 57.5 Å². The molecule has 0 aliphatic heterocycles. The van der Waals surface area contributed by atoms with Crippen molar-refractivity contribution in [2.24, 2.45) is 11.8 Å². The van der Waals surface area contributed by atoms with Gasteiger partial charge in [-0.2, -0.15) is 0 Å². The van der Waals surface area contributed by atoms with E-state index in [0.29, 0.717) is 6.42 Å². The molecule has 0 aromatic heterocycles. The summed E-state index contributed by atoms with van der Waals surface area (Å²) in [6, 6.07) is 0. The van der Waals surface area contributed by atoms with Crippen LogP contribution in [0.2, 0.25) is 0 Å². The summed E-state index contributed by atoms with van der Waals surface area (Å²) in [6.45, 7) is 1.94. The predicted octanol–water partition coefficient (Wildman–Crippen LogP) is 0.868. The van der Waals surface area contributed by atoms with Crippen LogP contribution in [0.5, 0.6) is 0 Å². The first-order chi connectivity index (χ1) is 5.11. The second-order valence-corrected chi connectivity index (χ2v) is 3.39. The van der Waals surface area contributed by atoms with Crippen molar-refractivity contribution in [2.45, 2.75) is 32.3 Å². The predicted molar refractivity (Wildman–Crippen MR) is 40.1 cm³/mol. The molecule has 1 unspecified atom stereocenters. The van der Waals surface area contributed by atoms with E-state index in [1.165, 1.54) is 0 Å². The first-order valence-electron chi connectivity index (χ1n) is 4.02. The molecule has 0 heterocycles. The van der Waals surface area contributed by atoms with E-state index in [1.807, 2.05) is 6.92 Å². The van der Waals surface area contributed by atoms with Crippen LogP contribution in [0.3, 0.4) is 0 Å². The fourth-order valence-corrected chi connectivity index (χ4v) is 1.64. The summed E-state index contributed by atoms with van der Waals surface area (Å²) in [5, 5.41) is 17.9. The van der Waals surface area contributed by atoms with E-state index in [-0.39, 0.29) is 11.8 Å². The lowest BCUT2D eigenvalue weighted by molar-refractivity contribution is -0.146. The van der Waals surface area contributed by atoms with Crippen molar-refractivity contribution in [1.29, 1.82) is 0 Å². The highest BCUT2D eigenvalue weighted by atomic mass is 16.4. The van der Waals surface area contributed by atoms with Crippen molar-refractivity contribution in [3.05, 3.63) is 0 Å². The van der Waals surface area contributed by atoms with Crippen LogP contribution in [-0.4, -0.2) is 22.3 Å². The molecular formula is C8H14O3. The number of aliphatic hydroxyl groups is 1. The van der Waals surface area contributed by atoms with Crippen LogP contribution in [0.4, 0.5) is 0 Å². The zero-order chi connectivity index (χ0) is 8.43.